The SMILES string of the molecule is C[C@@H](C(=O)N1CCOC[C@@H]1C(=O)O)c1cccc(F)c1. The Kier molecular flexibility index (Phi) is 4.34. The number of rotatable bonds is 3. The third-order valence-corrected chi connectivity index (χ3v) is 3.42. The van der Waals surface area contributed by atoms with E-state index in [2.05, 4.69) is 0 Å². The maximum Gasteiger partial charge on any atom is 0.328 e. The van der Waals surface area contributed by atoms with Gasteiger partial charge in [0, 0.05) is 6.54 Å². The number of carbonyl (C=O) groups excluding carboxylic acids is 1. The quantitative estimate of drug-likeness (QED) is 0.905. The normalized spacial score (nSPS) is 20.5. The Bertz CT molecular complexity index is 520. The number of amides is 1. The first-order valence-electron chi connectivity index (χ1n) is 6.37. The van der Waals surface area contributed by atoms with Gasteiger partial charge >= 0.3 is 5.97 Å². The number of carboxylic acids is 1. The molecule has 0 radical (unpaired) electrons. The average Bonchev–Trinajstić information content (AvgIpc) is 2.45. The van der Waals surface area contributed by atoms with Crippen molar-refractivity contribution in [1.82, 2.24) is 4.90 Å². The Labute approximate surface area is 116 Å². The molecule has 20 heavy (non-hydrogen) atoms. The van der Waals surface area contributed by atoms with Gasteiger partial charge in [-0.25, -0.2) is 9.18 Å². The zero-order chi connectivity index (χ0) is 14.7. The molecule has 6 heteroatoms. The highest BCUT2D eigenvalue weighted by atomic mass is 19.1. The largest absolute Gasteiger partial charge is 0.480 e. The molecule has 108 valence electrons. The number of carbonyl (C=O) groups is 2. The van der Waals surface area contributed by atoms with Crippen molar-refractivity contribution in [3.8, 4) is 0 Å². The van der Waals surface area contributed by atoms with Crippen LogP contribution in [0.4, 0.5) is 4.39 Å². The number of hydrogen-bond acceptors (Lipinski definition) is 3. The van der Waals surface area contributed by atoms with Crippen molar-refractivity contribution in [3.63, 3.8) is 0 Å². The van der Waals surface area contributed by atoms with Gasteiger partial charge in [0.1, 0.15) is 5.82 Å². The molecular formula is C14H16FNO4. The summed E-state index contributed by atoms with van der Waals surface area (Å²) >= 11 is 0. The van der Waals surface area contributed by atoms with Crippen molar-refractivity contribution in [3.05, 3.63) is 35.6 Å². The van der Waals surface area contributed by atoms with Crippen LogP contribution in [0, 0.1) is 5.82 Å². The van der Waals surface area contributed by atoms with Crippen molar-refractivity contribution in [2.24, 2.45) is 0 Å². The van der Waals surface area contributed by atoms with Crippen molar-refractivity contribution < 1.29 is 23.8 Å². The molecule has 0 aromatic heterocycles. The van der Waals surface area contributed by atoms with Crippen LogP contribution in [0.25, 0.3) is 0 Å². The number of ether oxygens (including phenoxy) is 1. The lowest BCUT2D eigenvalue weighted by Gasteiger charge is -2.34. The molecule has 2 atom stereocenters. The van der Waals surface area contributed by atoms with Crippen LogP contribution in [0.2, 0.25) is 0 Å². The molecule has 0 saturated carbocycles. The molecule has 1 fully saturated rings. The zero-order valence-corrected chi connectivity index (χ0v) is 11.1. The van der Waals surface area contributed by atoms with E-state index in [4.69, 9.17) is 9.84 Å². The summed E-state index contributed by atoms with van der Waals surface area (Å²) in [7, 11) is 0. The lowest BCUT2D eigenvalue weighted by Crippen LogP contribution is -2.53. The maximum atomic E-state index is 13.2. The van der Waals surface area contributed by atoms with E-state index in [1.54, 1.807) is 13.0 Å². The Morgan fingerprint density at radius 3 is 2.90 bits per heavy atom. The standard InChI is InChI=1S/C14H16FNO4/c1-9(10-3-2-4-11(15)7-10)13(17)16-5-6-20-8-12(16)14(18)19/h2-4,7,9,12H,5-6,8H2,1H3,(H,18,19)/t9-,12-/m1/s1. The van der Waals surface area contributed by atoms with Gasteiger partial charge in [-0.3, -0.25) is 4.79 Å². The molecule has 1 aromatic carbocycles. The van der Waals surface area contributed by atoms with E-state index in [0.29, 0.717) is 12.2 Å². The Morgan fingerprint density at radius 2 is 2.25 bits per heavy atom. The van der Waals surface area contributed by atoms with E-state index in [0.717, 1.165) is 0 Å². The van der Waals surface area contributed by atoms with E-state index in [-0.39, 0.29) is 19.1 Å². The molecule has 1 heterocycles. The van der Waals surface area contributed by atoms with Gasteiger partial charge in [0.2, 0.25) is 5.91 Å². The maximum absolute atomic E-state index is 13.2. The summed E-state index contributed by atoms with van der Waals surface area (Å²) < 4.78 is 18.3. The predicted molar refractivity (Wildman–Crippen MR) is 68.8 cm³/mol. The third-order valence-electron chi connectivity index (χ3n) is 3.42. The Hall–Kier alpha value is -1.95. The van der Waals surface area contributed by atoms with Crippen molar-refractivity contribution in [2.75, 3.05) is 19.8 Å². The number of hydrogen-bond donors (Lipinski definition) is 1. The summed E-state index contributed by atoms with van der Waals surface area (Å²) in [5.74, 6) is -2.43. The summed E-state index contributed by atoms with van der Waals surface area (Å²) in [5, 5.41) is 9.12. The van der Waals surface area contributed by atoms with Crippen LogP contribution in [-0.4, -0.2) is 47.7 Å². The van der Waals surface area contributed by atoms with Crippen LogP contribution in [0.3, 0.4) is 0 Å². The Balaban J connectivity index is 2.18. The molecule has 0 bridgehead atoms. The van der Waals surface area contributed by atoms with Crippen molar-refractivity contribution in [1.29, 1.82) is 0 Å². The number of halogens is 1. The summed E-state index contributed by atoms with van der Waals surface area (Å²) in [6.45, 7) is 2.17. The molecule has 1 N–H and O–H groups in total. The third kappa shape index (κ3) is 2.96. The first kappa shape index (κ1) is 14.5. The van der Waals surface area contributed by atoms with Crippen LogP contribution in [0.1, 0.15) is 18.4 Å². The first-order chi connectivity index (χ1) is 9.50. The zero-order valence-electron chi connectivity index (χ0n) is 11.1. The van der Waals surface area contributed by atoms with Crippen LogP contribution in [0.5, 0.6) is 0 Å². The molecule has 1 amide bonds. The molecule has 0 spiro atoms. The molecule has 1 aliphatic rings. The molecule has 1 aliphatic heterocycles. The van der Waals surface area contributed by atoms with Crippen LogP contribution in [-0.2, 0) is 14.3 Å². The van der Waals surface area contributed by atoms with Gasteiger partial charge in [-0.05, 0) is 24.6 Å². The molecule has 2 rings (SSSR count). The van der Waals surface area contributed by atoms with Crippen LogP contribution < -0.4 is 0 Å². The molecule has 5 nitrogen and oxygen atoms in total. The lowest BCUT2D eigenvalue weighted by molar-refractivity contribution is -0.158. The second-order valence-corrected chi connectivity index (χ2v) is 4.74. The highest BCUT2D eigenvalue weighted by Gasteiger charge is 2.35. The molecule has 1 aromatic rings. The summed E-state index contributed by atoms with van der Waals surface area (Å²) in [6, 6.07) is 4.80. The van der Waals surface area contributed by atoms with Crippen molar-refractivity contribution >= 4 is 11.9 Å². The second-order valence-electron chi connectivity index (χ2n) is 4.74. The van der Waals surface area contributed by atoms with Gasteiger partial charge in [0.15, 0.2) is 6.04 Å². The van der Waals surface area contributed by atoms with E-state index >= 15 is 0 Å². The van der Waals surface area contributed by atoms with E-state index in [9.17, 15) is 14.0 Å². The minimum Gasteiger partial charge on any atom is -0.480 e. The van der Waals surface area contributed by atoms with Gasteiger partial charge in [-0.15, -0.1) is 0 Å². The number of benzene rings is 1. The summed E-state index contributed by atoms with van der Waals surface area (Å²) in [6.07, 6.45) is 0. The fourth-order valence-corrected chi connectivity index (χ4v) is 2.24. The van der Waals surface area contributed by atoms with Gasteiger partial charge in [-0.1, -0.05) is 12.1 Å². The number of morpholine rings is 1. The minimum absolute atomic E-state index is 0.0169. The summed E-state index contributed by atoms with van der Waals surface area (Å²) in [4.78, 5) is 24.9. The molecule has 0 unspecified atom stereocenters. The topological polar surface area (TPSA) is 66.8 Å². The van der Waals surface area contributed by atoms with Gasteiger partial charge in [0.05, 0.1) is 19.1 Å². The second kappa shape index (κ2) is 6.00. The van der Waals surface area contributed by atoms with Crippen molar-refractivity contribution in [2.45, 2.75) is 18.9 Å². The number of nitrogens with zero attached hydrogens (tertiary/aromatic N) is 1. The van der Waals surface area contributed by atoms with Gasteiger partial charge in [-0.2, -0.15) is 0 Å². The minimum atomic E-state index is -1.09. The molecular weight excluding hydrogens is 265 g/mol. The predicted octanol–water partition coefficient (Wildman–Crippen LogP) is 1.24. The van der Waals surface area contributed by atoms with Gasteiger partial charge < -0.3 is 14.7 Å². The lowest BCUT2D eigenvalue weighted by atomic mass is 9.98. The molecule has 1 saturated heterocycles. The number of carboxylic acid groups (broad SMARTS) is 1. The smallest absolute Gasteiger partial charge is 0.328 e. The van der Waals surface area contributed by atoms with Crippen LogP contribution >= 0.6 is 0 Å². The first-order valence-corrected chi connectivity index (χ1v) is 6.37. The van der Waals surface area contributed by atoms with E-state index in [1.807, 2.05) is 0 Å². The summed E-state index contributed by atoms with van der Waals surface area (Å²) in [5.41, 5.74) is 0.533. The van der Waals surface area contributed by atoms with Gasteiger partial charge in [0.25, 0.3) is 0 Å². The molecule has 0 aliphatic carbocycles. The number of aliphatic carboxylic acids is 1. The fourth-order valence-electron chi connectivity index (χ4n) is 2.24. The fraction of sp³-hybridized carbons (Fsp3) is 0.429. The average molecular weight is 281 g/mol. The van der Waals surface area contributed by atoms with Crippen LogP contribution in [0.15, 0.2) is 24.3 Å². The Morgan fingerprint density at radius 1 is 1.50 bits per heavy atom. The van der Waals surface area contributed by atoms with E-state index < -0.39 is 23.7 Å². The monoisotopic (exact) mass is 281 g/mol. The highest BCUT2D eigenvalue weighted by molar-refractivity contribution is 5.88. The highest BCUT2D eigenvalue weighted by Crippen LogP contribution is 2.21. The van der Waals surface area contributed by atoms with E-state index in [1.165, 1.54) is 23.1 Å².